The number of nitrogens with zero attached hydrogens (tertiary/aromatic N) is 1. The lowest BCUT2D eigenvalue weighted by Crippen LogP contribution is -1.91. The van der Waals surface area contributed by atoms with E-state index in [1.807, 2.05) is 18.2 Å². The van der Waals surface area contributed by atoms with Gasteiger partial charge in [-0.3, -0.25) is 4.79 Å². The van der Waals surface area contributed by atoms with E-state index >= 15 is 0 Å². The number of carbonyl (C=O) groups excluding carboxylic acids is 1. The minimum absolute atomic E-state index is 0.0430. The number of methoxy groups -OCH3 is 1. The Hall–Kier alpha value is -0.980. The summed E-state index contributed by atoms with van der Waals surface area (Å²) in [5.41, 5.74) is 1.27. The van der Waals surface area contributed by atoms with Crippen LogP contribution in [0.1, 0.15) is 5.56 Å². The van der Waals surface area contributed by atoms with Gasteiger partial charge in [-0.1, -0.05) is 33.8 Å². The maximum Gasteiger partial charge on any atom is 0.244 e. The minimum Gasteiger partial charge on any atom is -0.496 e. The van der Waals surface area contributed by atoms with Gasteiger partial charge in [-0.05, 0) is 36.0 Å². The molecule has 104 valence electrons. The molecule has 20 heavy (non-hydrogen) atoms. The number of hydrogen-bond acceptors (Lipinski definition) is 5. The van der Waals surface area contributed by atoms with E-state index in [-0.39, 0.29) is 5.12 Å². The predicted octanol–water partition coefficient (Wildman–Crippen LogP) is 4.35. The number of benzene rings is 1. The molecule has 0 N–H and O–H groups in total. The first-order valence-corrected chi connectivity index (χ1v) is 8.33. The molecule has 0 bridgehead atoms. The molecule has 0 saturated heterocycles. The van der Waals surface area contributed by atoms with Gasteiger partial charge < -0.3 is 4.74 Å². The highest BCUT2D eigenvalue weighted by Gasteiger charge is 2.22. The number of thioether (sulfide) groups is 2. The van der Waals surface area contributed by atoms with Crippen molar-refractivity contribution in [3.8, 4) is 5.75 Å². The van der Waals surface area contributed by atoms with Crippen molar-refractivity contribution in [2.75, 3.05) is 12.9 Å². The molecular weight excluding hydrogens is 358 g/mol. The average Bonchev–Trinajstić information content (AvgIpc) is 2.77. The second-order valence-corrected chi connectivity index (χ2v) is 6.93. The first-order chi connectivity index (χ1) is 9.63. The molecule has 0 spiro atoms. The highest BCUT2D eigenvalue weighted by atomic mass is 79.9. The molecule has 0 amide bonds. The molecular formula is C14H12BrNO2S2. The summed E-state index contributed by atoms with van der Waals surface area (Å²) in [5, 5.41) is -0.0430. The molecule has 0 atom stereocenters. The smallest absolute Gasteiger partial charge is 0.244 e. The first-order valence-electron chi connectivity index (χ1n) is 5.74. The van der Waals surface area contributed by atoms with E-state index in [0.29, 0.717) is 11.4 Å². The zero-order valence-electron chi connectivity index (χ0n) is 10.8. The average molecular weight is 370 g/mol. The molecule has 0 aromatic heterocycles. The van der Waals surface area contributed by atoms with E-state index in [1.54, 1.807) is 19.3 Å². The van der Waals surface area contributed by atoms with Gasteiger partial charge in [0.25, 0.3) is 0 Å². The zero-order valence-corrected chi connectivity index (χ0v) is 14.0. The van der Waals surface area contributed by atoms with Gasteiger partial charge in [0.15, 0.2) is 0 Å². The minimum atomic E-state index is -0.0430. The van der Waals surface area contributed by atoms with Gasteiger partial charge in [0.05, 0.1) is 7.11 Å². The van der Waals surface area contributed by atoms with Crippen molar-refractivity contribution < 1.29 is 9.53 Å². The van der Waals surface area contributed by atoms with Gasteiger partial charge >= 0.3 is 0 Å². The molecule has 3 nitrogen and oxygen atoms in total. The largest absolute Gasteiger partial charge is 0.496 e. The van der Waals surface area contributed by atoms with Crippen LogP contribution in [0.2, 0.25) is 0 Å². The zero-order chi connectivity index (χ0) is 14.5. The summed E-state index contributed by atoms with van der Waals surface area (Å²) >= 11 is 6.07. The number of halogens is 1. The van der Waals surface area contributed by atoms with Crippen LogP contribution in [0.15, 0.2) is 46.0 Å². The van der Waals surface area contributed by atoms with Crippen LogP contribution in [0, 0.1) is 0 Å². The van der Waals surface area contributed by atoms with Crippen molar-refractivity contribution in [3.05, 3.63) is 46.6 Å². The van der Waals surface area contributed by atoms with E-state index < -0.39 is 0 Å². The Kier molecular flexibility index (Phi) is 5.51. The molecule has 0 saturated carbocycles. The van der Waals surface area contributed by atoms with Crippen LogP contribution in [0.5, 0.6) is 5.75 Å². The molecule has 0 aliphatic carbocycles. The lowest BCUT2D eigenvalue weighted by atomic mass is 10.1. The van der Waals surface area contributed by atoms with Crippen molar-refractivity contribution in [1.82, 2.24) is 0 Å². The quantitative estimate of drug-likeness (QED) is 0.584. The van der Waals surface area contributed by atoms with Crippen LogP contribution in [-0.4, -0.2) is 22.4 Å². The Morgan fingerprint density at radius 1 is 1.55 bits per heavy atom. The highest BCUT2D eigenvalue weighted by Crippen LogP contribution is 2.33. The van der Waals surface area contributed by atoms with E-state index in [4.69, 9.17) is 4.74 Å². The lowest BCUT2D eigenvalue weighted by Gasteiger charge is -2.05. The van der Waals surface area contributed by atoms with Crippen molar-refractivity contribution in [3.63, 3.8) is 0 Å². The highest BCUT2D eigenvalue weighted by molar-refractivity contribution is 9.10. The molecule has 6 heteroatoms. The van der Waals surface area contributed by atoms with Crippen LogP contribution in [0.4, 0.5) is 0 Å². The number of aliphatic imine (C=N–C) groups is 1. The molecule has 1 aromatic carbocycles. The van der Waals surface area contributed by atoms with Crippen molar-refractivity contribution in [2.45, 2.75) is 0 Å². The SMILES string of the molecule is C=CCSC1=N/C(=C\c2cc(Br)ccc2OC)C(=O)S1. The normalized spacial score (nSPS) is 16.4. The molecule has 1 heterocycles. The number of hydrogen-bond donors (Lipinski definition) is 0. The third-order valence-electron chi connectivity index (χ3n) is 2.41. The Balaban J connectivity index is 2.30. The van der Waals surface area contributed by atoms with E-state index in [1.165, 1.54) is 11.8 Å². The molecule has 1 aliphatic rings. The summed E-state index contributed by atoms with van der Waals surface area (Å²) in [6.45, 7) is 3.65. The van der Waals surface area contributed by atoms with Crippen LogP contribution in [-0.2, 0) is 4.79 Å². The van der Waals surface area contributed by atoms with Crippen LogP contribution in [0.3, 0.4) is 0 Å². The van der Waals surface area contributed by atoms with Crippen LogP contribution >= 0.6 is 39.5 Å². The van der Waals surface area contributed by atoms with Gasteiger partial charge in [-0.2, -0.15) is 0 Å². The van der Waals surface area contributed by atoms with E-state index in [9.17, 15) is 4.79 Å². The molecule has 1 aromatic rings. The Bertz CT molecular complexity index is 611. The van der Waals surface area contributed by atoms with Crippen LogP contribution < -0.4 is 4.74 Å². The summed E-state index contributed by atoms with van der Waals surface area (Å²) in [6.07, 6.45) is 3.54. The molecule has 0 fully saturated rings. The molecule has 0 radical (unpaired) electrons. The molecule has 2 rings (SSSR count). The molecule has 0 unspecified atom stereocenters. The summed E-state index contributed by atoms with van der Waals surface area (Å²) in [7, 11) is 1.60. The van der Waals surface area contributed by atoms with Crippen molar-refractivity contribution >= 4 is 55.0 Å². The summed E-state index contributed by atoms with van der Waals surface area (Å²) in [6, 6.07) is 5.63. The summed E-state index contributed by atoms with van der Waals surface area (Å²) in [5.74, 6) is 1.45. The fourth-order valence-electron chi connectivity index (χ4n) is 1.55. The third kappa shape index (κ3) is 3.77. The van der Waals surface area contributed by atoms with Gasteiger partial charge in [0.1, 0.15) is 15.8 Å². The second kappa shape index (κ2) is 7.15. The number of ether oxygens (including phenoxy) is 1. The monoisotopic (exact) mass is 369 g/mol. The number of rotatable bonds is 4. The fraction of sp³-hybridized carbons (Fsp3) is 0.143. The first kappa shape index (κ1) is 15.4. The standard InChI is InChI=1S/C14H12BrNO2S2/c1-3-6-19-14-16-11(13(17)20-14)8-9-7-10(15)4-5-12(9)18-2/h3-5,7-8H,1,6H2,2H3/b11-8-. The fourth-order valence-corrected chi connectivity index (χ4v) is 3.53. The maximum absolute atomic E-state index is 11.9. The Morgan fingerprint density at radius 3 is 3.05 bits per heavy atom. The lowest BCUT2D eigenvalue weighted by molar-refractivity contribution is -0.107. The van der Waals surface area contributed by atoms with Gasteiger partial charge in [-0.15, -0.1) is 6.58 Å². The summed E-state index contributed by atoms with van der Waals surface area (Å²) < 4.78 is 6.97. The van der Waals surface area contributed by atoms with Gasteiger partial charge in [-0.25, -0.2) is 4.99 Å². The third-order valence-corrected chi connectivity index (χ3v) is 4.91. The second-order valence-electron chi connectivity index (χ2n) is 3.78. The Labute approximate surface area is 134 Å². The maximum atomic E-state index is 11.9. The van der Waals surface area contributed by atoms with Gasteiger partial charge in [0.2, 0.25) is 5.12 Å². The topological polar surface area (TPSA) is 38.7 Å². The Morgan fingerprint density at radius 2 is 2.35 bits per heavy atom. The summed E-state index contributed by atoms with van der Waals surface area (Å²) in [4.78, 5) is 16.3. The van der Waals surface area contributed by atoms with Crippen molar-refractivity contribution in [1.29, 1.82) is 0 Å². The van der Waals surface area contributed by atoms with Crippen LogP contribution in [0.25, 0.3) is 6.08 Å². The van der Waals surface area contributed by atoms with Gasteiger partial charge in [0, 0.05) is 15.8 Å². The van der Waals surface area contributed by atoms with E-state index in [2.05, 4.69) is 27.5 Å². The number of carbonyl (C=O) groups is 1. The predicted molar refractivity (Wildman–Crippen MR) is 91.4 cm³/mol. The van der Waals surface area contributed by atoms with E-state index in [0.717, 1.165) is 31.9 Å². The molecule has 1 aliphatic heterocycles. The van der Waals surface area contributed by atoms with Crippen molar-refractivity contribution in [2.24, 2.45) is 4.99 Å².